The van der Waals surface area contributed by atoms with Gasteiger partial charge in [-0.1, -0.05) is 30.3 Å². The lowest BCUT2D eigenvalue weighted by molar-refractivity contribution is -0.138. The number of rotatable bonds is 7. The van der Waals surface area contributed by atoms with Gasteiger partial charge >= 0.3 is 5.97 Å². The summed E-state index contributed by atoms with van der Waals surface area (Å²) in [5, 5.41) is 0. The molecule has 6 nitrogen and oxygen atoms in total. The fourth-order valence-electron chi connectivity index (χ4n) is 2.33. The number of nitrogens with zero attached hydrogens (tertiary/aromatic N) is 1. The van der Waals surface area contributed by atoms with E-state index in [9.17, 15) is 13.2 Å². The molecule has 0 unspecified atom stereocenters. The van der Waals surface area contributed by atoms with E-state index in [1.807, 2.05) is 31.2 Å². The second-order valence-corrected chi connectivity index (χ2v) is 8.19. The van der Waals surface area contributed by atoms with Gasteiger partial charge in [-0.2, -0.15) is 0 Å². The van der Waals surface area contributed by atoms with Gasteiger partial charge in [0.2, 0.25) is 10.0 Å². The van der Waals surface area contributed by atoms with E-state index < -0.39 is 16.0 Å². The van der Waals surface area contributed by atoms with E-state index in [0.717, 1.165) is 15.4 Å². The van der Waals surface area contributed by atoms with Crippen molar-refractivity contribution in [1.29, 1.82) is 0 Å². The van der Waals surface area contributed by atoms with Gasteiger partial charge in [0.1, 0.15) is 17.3 Å². The van der Waals surface area contributed by atoms with Crippen LogP contribution in [0.3, 0.4) is 0 Å². The van der Waals surface area contributed by atoms with Crippen LogP contribution in [-0.2, 0) is 26.2 Å². The summed E-state index contributed by atoms with van der Waals surface area (Å²) in [6.45, 7) is 2.13. The summed E-state index contributed by atoms with van der Waals surface area (Å²) in [6, 6.07) is 12.3. The lowest BCUT2D eigenvalue weighted by Crippen LogP contribution is -2.22. The topological polar surface area (TPSA) is 72.9 Å². The van der Waals surface area contributed by atoms with Crippen molar-refractivity contribution in [1.82, 2.24) is 4.31 Å². The van der Waals surface area contributed by atoms with Crippen LogP contribution in [0, 0.1) is 6.92 Å². The second kappa shape index (κ2) is 8.83. The first-order valence-electron chi connectivity index (χ1n) is 8.25. The highest BCUT2D eigenvalue weighted by atomic mass is 32.2. The van der Waals surface area contributed by atoms with Crippen LogP contribution in [0.5, 0.6) is 5.75 Å². The van der Waals surface area contributed by atoms with Crippen LogP contribution in [0.4, 0.5) is 0 Å². The van der Waals surface area contributed by atoms with Crippen molar-refractivity contribution in [3.05, 3.63) is 65.2 Å². The molecule has 0 radical (unpaired) electrons. The molecule has 0 amide bonds. The van der Waals surface area contributed by atoms with Crippen molar-refractivity contribution in [2.45, 2.75) is 18.4 Å². The quantitative estimate of drug-likeness (QED) is 0.538. The molecule has 0 atom stereocenters. The van der Waals surface area contributed by atoms with Crippen LogP contribution in [0.2, 0.25) is 0 Å². The first kappa shape index (κ1) is 20.7. The van der Waals surface area contributed by atoms with Gasteiger partial charge in [-0.25, -0.2) is 17.5 Å². The number of aryl methyl sites for hydroxylation is 1. The van der Waals surface area contributed by atoms with Gasteiger partial charge in [-0.15, -0.1) is 0 Å². The molecule has 2 aromatic rings. The van der Waals surface area contributed by atoms with Crippen molar-refractivity contribution >= 4 is 22.1 Å². The number of benzene rings is 2. The summed E-state index contributed by atoms with van der Waals surface area (Å²) < 4.78 is 36.3. The number of hydrogen-bond donors (Lipinski definition) is 0. The molecule has 0 heterocycles. The maximum absolute atomic E-state index is 12.4. The lowest BCUT2D eigenvalue weighted by Gasteiger charge is -2.15. The third kappa shape index (κ3) is 5.18. The molecule has 2 rings (SSSR count). The Morgan fingerprint density at radius 2 is 1.85 bits per heavy atom. The standard InChI is InChI=1S/C20H23NO5S/c1-15-7-5-6-8-17(15)14-26-20(22)12-10-16-9-11-18(25-4)19(13-16)27(23,24)21(2)3/h5-13H,14H2,1-4H3/b12-10+. The Labute approximate surface area is 160 Å². The van der Waals surface area contributed by atoms with Crippen LogP contribution in [0.1, 0.15) is 16.7 Å². The zero-order valence-electron chi connectivity index (χ0n) is 15.8. The molecule has 144 valence electrons. The molecule has 0 N–H and O–H groups in total. The van der Waals surface area contributed by atoms with Crippen LogP contribution in [0.25, 0.3) is 6.08 Å². The number of carbonyl (C=O) groups is 1. The minimum absolute atomic E-state index is 0.0328. The van der Waals surface area contributed by atoms with Gasteiger partial charge in [0.25, 0.3) is 0 Å². The third-order valence-corrected chi connectivity index (χ3v) is 5.83. The van der Waals surface area contributed by atoms with Crippen molar-refractivity contribution in [3.8, 4) is 5.75 Å². The molecular weight excluding hydrogens is 366 g/mol. The van der Waals surface area contributed by atoms with E-state index >= 15 is 0 Å². The van der Waals surface area contributed by atoms with Gasteiger partial charge < -0.3 is 9.47 Å². The Hall–Kier alpha value is -2.64. The molecule has 0 spiro atoms. The molecule has 0 aliphatic carbocycles. The molecule has 0 bridgehead atoms. The maximum Gasteiger partial charge on any atom is 0.331 e. The summed E-state index contributed by atoms with van der Waals surface area (Å²) in [6.07, 6.45) is 2.78. The molecule has 0 aliphatic heterocycles. The van der Waals surface area contributed by atoms with Crippen molar-refractivity contribution in [2.24, 2.45) is 0 Å². The first-order chi connectivity index (χ1) is 12.8. The molecule has 0 aromatic heterocycles. The molecule has 0 fully saturated rings. The van der Waals surface area contributed by atoms with Crippen molar-refractivity contribution in [2.75, 3.05) is 21.2 Å². The van der Waals surface area contributed by atoms with Crippen molar-refractivity contribution in [3.63, 3.8) is 0 Å². The van der Waals surface area contributed by atoms with Crippen LogP contribution >= 0.6 is 0 Å². The molecule has 27 heavy (non-hydrogen) atoms. The summed E-state index contributed by atoms with van der Waals surface area (Å²) in [4.78, 5) is 12.0. The average molecular weight is 389 g/mol. The fraction of sp³-hybridized carbons (Fsp3) is 0.250. The number of sulfonamides is 1. The largest absolute Gasteiger partial charge is 0.495 e. The average Bonchev–Trinajstić information content (AvgIpc) is 2.65. The highest BCUT2D eigenvalue weighted by Crippen LogP contribution is 2.27. The summed E-state index contributed by atoms with van der Waals surface area (Å²) in [5.74, 6) is -0.269. The molecular formula is C20H23NO5S. The molecule has 2 aromatic carbocycles. The van der Waals surface area contributed by atoms with E-state index in [0.29, 0.717) is 5.56 Å². The van der Waals surface area contributed by atoms with E-state index in [2.05, 4.69) is 0 Å². The summed E-state index contributed by atoms with van der Waals surface area (Å²) in [7, 11) is 0.621. The van der Waals surface area contributed by atoms with Gasteiger partial charge in [0.15, 0.2) is 0 Å². The maximum atomic E-state index is 12.4. The second-order valence-electron chi connectivity index (χ2n) is 6.07. The molecule has 7 heteroatoms. The van der Waals surface area contributed by atoms with Gasteiger partial charge in [0.05, 0.1) is 7.11 Å². The Morgan fingerprint density at radius 1 is 1.15 bits per heavy atom. The Balaban J connectivity index is 2.14. The lowest BCUT2D eigenvalue weighted by atomic mass is 10.1. The number of methoxy groups -OCH3 is 1. The normalized spacial score (nSPS) is 11.7. The highest BCUT2D eigenvalue weighted by Gasteiger charge is 2.22. The number of hydrogen-bond acceptors (Lipinski definition) is 5. The first-order valence-corrected chi connectivity index (χ1v) is 9.69. The van der Waals surface area contributed by atoms with Gasteiger partial charge in [-0.3, -0.25) is 0 Å². The SMILES string of the molecule is COc1ccc(/C=C/C(=O)OCc2ccccc2C)cc1S(=O)(=O)N(C)C. The smallest absolute Gasteiger partial charge is 0.331 e. The zero-order valence-corrected chi connectivity index (χ0v) is 16.6. The number of carbonyl (C=O) groups excluding carboxylic acids is 1. The molecule has 0 saturated carbocycles. The number of esters is 1. The van der Waals surface area contributed by atoms with Crippen LogP contribution in [-0.4, -0.2) is 39.9 Å². The Kier molecular flexibility index (Phi) is 6.76. The van der Waals surface area contributed by atoms with Gasteiger partial charge in [0, 0.05) is 20.2 Å². The summed E-state index contributed by atoms with van der Waals surface area (Å²) >= 11 is 0. The van der Waals surface area contributed by atoms with Crippen LogP contribution < -0.4 is 4.74 Å². The Morgan fingerprint density at radius 3 is 2.48 bits per heavy atom. The zero-order chi connectivity index (χ0) is 20.0. The summed E-state index contributed by atoms with van der Waals surface area (Å²) in [5.41, 5.74) is 2.52. The van der Waals surface area contributed by atoms with E-state index in [4.69, 9.17) is 9.47 Å². The van der Waals surface area contributed by atoms with Crippen molar-refractivity contribution < 1.29 is 22.7 Å². The molecule has 0 saturated heterocycles. The monoisotopic (exact) mass is 389 g/mol. The fourth-order valence-corrected chi connectivity index (χ4v) is 3.41. The third-order valence-electron chi connectivity index (χ3n) is 3.99. The predicted molar refractivity (Wildman–Crippen MR) is 104 cm³/mol. The Bertz CT molecular complexity index is 949. The van der Waals surface area contributed by atoms with E-state index in [1.165, 1.54) is 39.4 Å². The predicted octanol–water partition coefficient (Wildman–Crippen LogP) is 3.01. The minimum Gasteiger partial charge on any atom is -0.495 e. The highest BCUT2D eigenvalue weighted by molar-refractivity contribution is 7.89. The van der Waals surface area contributed by atoms with Gasteiger partial charge in [-0.05, 0) is 41.8 Å². The minimum atomic E-state index is -3.67. The molecule has 0 aliphatic rings. The van der Waals surface area contributed by atoms with Crippen LogP contribution in [0.15, 0.2) is 53.4 Å². The van der Waals surface area contributed by atoms with E-state index in [1.54, 1.807) is 12.1 Å². The number of ether oxygens (including phenoxy) is 2. The van der Waals surface area contributed by atoms with E-state index in [-0.39, 0.29) is 17.3 Å².